The molecule has 0 aliphatic carbocycles. The molecule has 1 saturated heterocycles. The van der Waals surface area contributed by atoms with Crippen LogP contribution in [0.2, 0.25) is 5.02 Å². The predicted molar refractivity (Wildman–Crippen MR) is 90.6 cm³/mol. The van der Waals surface area contributed by atoms with Crippen molar-refractivity contribution < 1.29 is 4.79 Å². The second kappa shape index (κ2) is 6.84. The fourth-order valence-electron chi connectivity index (χ4n) is 2.95. The fraction of sp³-hybridized carbons (Fsp3) is 0.278. The highest BCUT2D eigenvalue weighted by Gasteiger charge is 2.25. The zero-order valence-corrected chi connectivity index (χ0v) is 13.1. The smallest absolute Gasteiger partial charge is 0.251 e. The molecule has 1 amide bonds. The molecule has 3 rings (SSSR count). The maximum atomic E-state index is 12.2. The SMILES string of the molecule is O=C(NCC1CCCN1c1ccccc1)c1cccc(Cl)c1. The second-order valence-corrected chi connectivity index (χ2v) is 5.98. The Labute approximate surface area is 135 Å². The van der Waals surface area contributed by atoms with Crippen molar-refractivity contribution in [1.82, 2.24) is 5.32 Å². The number of hydrogen-bond donors (Lipinski definition) is 1. The van der Waals surface area contributed by atoms with E-state index in [0.29, 0.717) is 23.2 Å². The summed E-state index contributed by atoms with van der Waals surface area (Å²) in [4.78, 5) is 14.6. The molecule has 1 unspecified atom stereocenters. The van der Waals surface area contributed by atoms with Crippen molar-refractivity contribution in [2.24, 2.45) is 0 Å². The van der Waals surface area contributed by atoms with Crippen LogP contribution in [0.25, 0.3) is 0 Å². The molecule has 0 saturated carbocycles. The van der Waals surface area contributed by atoms with Crippen molar-refractivity contribution in [2.45, 2.75) is 18.9 Å². The van der Waals surface area contributed by atoms with Gasteiger partial charge in [-0.05, 0) is 43.2 Å². The number of nitrogens with zero attached hydrogens (tertiary/aromatic N) is 1. The third-order valence-corrected chi connectivity index (χ3v) is 4.29. The predicted octanol–water partition coefficient (Wildman–Crippen LogP) is 3.74. The van der Waals surface area contributed by atoms with Crippen LogP contribution in [0.5, 0.6) is 0 Å². The third kappa shape index (κ3) is 3.42. The number of nitrogens with one attached hydrogen (secondary N) is 1. The summed E-state index contributed by atoms with van der Waals surface area (Å²) in [6.07, 6.45) is 2.26. The molecule has 0 bridgehead atoms. The first-order valence-corrected chi connectivity index (χ1v) is 7.97. The number of amides is 1. The maximum Gasteiger partial charge on any atom is 0.251 e. The molecule has 3 nitrogen and oxygen atoms in total. The van der Waals surface area contributed by atoms with E-state index >= 15 is 0 Å². The van der Waals surface area contributed by atoms with Gasteiger partial charge in [0, 0.05) is 35.4 Å². The summed E-state index contributed by atoms with van der Waals surface area (Å²) in [6.45, 7) is 1.70. The van der Waals surface area contributed by atoms with Crippen molar-refractivity contribution in [2.75, 3.05) is 18.0 Å². The summed E-state index contributed by atoms with van der Waals surface area (Å²) < 4.78 is 0. The quantitative estimate of drug-likeness (QED) is 0.932. The molecule has 1 aliphatic heterocycles. The van der Waals surface area contributed by atoms with Gasteiger partial charge in [-0.25, -0.2) is 0 Å². The molecule has 0 aromatic heterocycles. The van der Waals surface area contributed by atoms with E-state index in [0.717, 1.165) is 19.4 Å². The Morgan fingerprint density at radius 2 is 2.00 bits per heavy atom. The van der Waals surface area contributed by atoms with E-state index in [2.05, 4.69) is 34.5 Å². The van der Waals surface area contributed by atoms with Gasteiger partial charge in [-0.2, -0.15) is 0 Å². The van der Waals surface area contributed by atoms with Crippen molar-refractivity contribution in [3.05, 3.63) is 65.2 Å². The van der Waals surface area contributed by atoms with Crippen LogP contribution in [0.1, 0.15) is 23.2 Å². The summed E-state index contributed by atoms with van der Waals surface area (Å²) in [5, 5.41) is 3.61. The van der Waals surface area contributed by atoms with Gasteiger partial charge in [-0.15, -0.1) is 0 Å². The monoisotopic (exact) mass is 314 g/mol. The Hall–Kier alpha value is -2.00. The number of hydrogen-bond acceptors (Lipinski definition) is 2. The van der Waals surface area contributed by atoms with Crippen LogP contribution in [0.15, 0.2) is 54.6 Å². The molecule has 4 heteroatoms. The van der Waals surface area contributed by atoms with Crippen LogP contribution in [0, 0.1) is 0 Å². The Balaban J connectivity index is 1.62. The topological polar surface area (TPSA) is 32.3 Å². The Bertz CT molecular complexity index is 645. The first kappa shape index (κ1) is 14.9. The number of anilines is 1. The van der Waals surface area contributed by atoms with E-state index in [1.165, 1.54) is 5.69 Å². The molecule has 2 aromatic carbocycles. The van der Waals surface area contributed by atoms with Crippen molar-refractivity contribution in [3.63, 3.8) is 0 Å². The summed E-state index contributed by atoms with van der Waals surface area (Å²) in [5.74, 6) is -0.0672. The van der Waals surface area contributed by atoms with Gasteiger partial charge in [0.25, 0.3) is 5.91 Å². The molecule has 22 heavy (non-hydrogen) atoms. The van der Waals surface area contributed by atoms with Gasteiger partial charge >= 0.3 is 0 Å². The molecule has 0 spiro atoms. The van der Waals surface area contributed by atoms with Crippen molar-refractivity contribution >= 4 is 23.2 Å². The van der Waals surface area contributed by atoms with Gasteiger partial charge in [-0.1, -0.05) is 35.9 Å². The van der Waals surface area contributed by atoms with Gasteiger partial charge in [0.2, 0.25) is 0 Å². The first-order valence-electron chi connectivity index (χ1n) is 7.59. The zero-order chi connectivity index (χ0) is 15.4. The highest BCUT2D eigenvalue weighted by molar-refractivity contribution is 6.30. The fourth-order valence-corrected chi connectivity index (χ4v) is 3.14. The number of rotatable bonds is 4. The highest BCUT2D eigenvalue weighted by atomic mass is 35.5. The largest absolute Gasteiger partial charge is 0.367 e. The molecule has 114 valence electrons. The second-order valence-electron chi connectivity index (χ2n) is 5.55. The Morgan fingerprint density at radius 3 is 2.77 bits per heavy atom. The number of para-hydroxylation sites is 1. The van der Waals surface area contributed by atoms with Gasteiger partial charge in [0.15, 0.2) is 0 Å². The number of halogens is 1. The molecule has 1 atom stereocenters. The van der Waals surface area contributed by atoms with E-state index in [1.54, 1.807) is 24.3 Å². The number of carbonyl (C=O) groups is 1. The minimum atomic E-state index is -0.0672. The standard InChI is InChI=1S/C18H19ClN2O/c19-15-7-4-6-14(12-15)18(22)20-13-17-10-5-11-21(17)16-8-2-1-3-9-16/h1-4,6-9,12,17H,5,10-11,13H2,(H,20,22). The highest BCUT2D eigenvalue weighted by Crippen LogP contribution is 2.24. The van der Waals surface area contributed by atoms with E-state index in [9.17, 15) is 4.79 Å². The summed E-state index contributed by atoms with van der Waals surface area (Å²) in [5.41, 5.74) is 1.83. The summed E-state index contributed by atoms with van der Waals surface area (Å²) in [7, 11) is 0. The van der Waals surface area contributed by atoms with E-state index < -0.39 is 0 Å². The van der Waals surface area contributed by atoms with Gasteiger partial charge in [-0.3, -0.25) is 4.79 Å². The van der Waals surface area contributed by atoms with Crippen LogP contribution < -0.4 is 10.2 Å². The Morgan fingerprint density at radius 1 is 1.18 bits per heavy atom. The van der Waals surface area contributed by atoms with E-state index in [1.807, 2.05) is 6.07 Å². The third-order valence-electron chi connectivity index (χ3n) is 4.05. The molecule has 1 fully saturated rings. The van der Waals surface area contributed by atoms with Crippen molar-refractivity contribution in [3.8, 4) is 0 Å². The van der Waals surface area contributed by atoms with Crippen LogP contribution in [0.3, 0.4) is 0 Å². The number of carbonyl (C=O) groups excluding carboxylic acids is 1. The lowest BCUT2D eigenvalue weighted by Gasteiger charge is -2.27. The van der Waals surface area contributed by atoms with Gasteiger partial charge in [0.1, 0.15) is 0 Å². The minimum absolute atomic E-state index is 0.0672. The normalized spacial score (nSPS) is 17.5. The minimum Gasteiger partial charge on any atom is -0.367 e. The Kier molecular flexibility index (Phi) is 4.64. The summed E-state index contributed by atoms with van der Waals surface area (Å²) >= 11 is 5.93. The molecule has 1 aliphatic rings. The average molecular weight is 315 g/mol. The van der Waals surface area contributed by atoms with Crippen LogP contribution in [-0.2, 0) is 0 Å². The molecular formula is C18H19ClN2O. The zero-order valence-electron chi connectivity index (χ0n) is 12.3. The number of benzene rings is 2. The van der Waals surface area contributed by atoms with E-state index in [-0.39, 0.29) is 5.91 Å². The lowest BCUT2D eigenvalue weighted by molar-refractivity contribution is 0.0951. The average Bonchev–Trinajstić information content (AvgIpc) is 3.02. The summed E-state index contributed by atoms with van der Waals surface area (Å²) in [6, 6.07) is 17.8. The maximum absolute atomic E-state index is 12.2. The molecule has 0 radical (unpaired) electrons. The van der Waals surface area contributed by atoms with Gasteiger partial charge < -0.3 is 10.2 Å². The molecule has 2 aromatic rings. The van der Waals surface area contributed by atoms with E-state index in [4.69, 9.17) is 11.6 Å². The molecule has 1 heterocycles. The molecular weight excluding hydrogens is 296 g/mol. The van der Waals surface area contributed by atoms with Crippen LogP contribution >= 0.6 is 11.6 Å². The molecule has 1 N–H and O–H groups in total. The first-order chi connectivity index (χ1) is 10.7. The van der Waals surface area contributed by atoms with Crippen LogP contribution in [-0.4, -0.2) is 25.0 Å². The van der Waals surface area contributed by atoms with Gasteiger partial charge in [0.05, 0.1) is 0 Å². The lowest BCUT2D eigenvalue weighted by atomic mass is 10.1. The van der Waals surface area contributed by atoms with Crippen LogP contribution in [0.4, 0.5) is 5.69 Å². The lowest BCUT2D eigenvalue weighted by Crippen LogP contribution is -2.40. The van der Waals surface area contributed by atoms with Crippen molar-refractivity contribution in [1.29, 1.82) is 0 Å².